The molecule has 0 saturated heterocycles. The Kier molecular flexibility index (Phi) is 6.82. The first-order valence-corrected chi connectivity index (χ1v) is 15.8. The Morgan fingerprint density at radius 3 is 2.06 bits per heavy atom. The molecular formula is C33H58O2. The van der Waals surface area contributed by atoms with Gasteiger partial charge in [-0.05, 0) is 154 Å². The van der Waals surface area contributed by atoms with Crippen LogP contribution in [0.3, 0.4) is 0 Å². The molecule has 0 aromatic rings. The molecular weight excluding hydrogens is 428 g/mol. The summed E-state index contributed by atoms with van der Waals surface area (Å²) in [5.41, 5.74) is 0.625. The molecule has 202 valence electrons. The maximum atomic E-state index is 11.3. The summed E-state index contributed by atoms with van der Waals surface area (Å²) >= 11 is 0. The third-order valence-corrected chi connectivity index (χ3v) is 13.8. The van der Waals surface area contributed by atoms with Crippen molar-refractivity contribution in [2.75, 3.05) is 0 Å². The SMILES string of the molecule is CC[C@]1(O)CC[C@@]2(C)[C@@H](CC[C@@H]3[C@@H]2CC[C@]2(C)[C@@H]([C@H](C)CCC4(O)CCC(C)(C)CC4)CC[C@@H]32)C1. The van der Waals surface area contributed by atoms with Crippen LogP contribution in [0.5, 0.6) is 0 Å². The Bertz CT molecular complexity index is 763. The third kappa shape index (κ3) is 4.57. The number of aliphatic hydroxyl groups is 2. The number of hydrogen-bond acceptors (Lipinski definition) is 2. The summed E-state index contributed by atoms with van der Waals surface area (Å²) in [4.78, 5) is 0. The highest BCUT2D eigenvalue weighted by atomic mass is 16.3. The van der Waals surface area contributed by atoms with E-state index in [2.05, 4.69) is 41.5 Å². The normalized spacial score (nSPS) is 49.5. The maximum absolute atomic E-state index is 11.3. The molecule has 0 aromatic heterocycles. The molecule has 0 heterocycles. The third-order valence-electron chi connectivity index (χ3n) is 13.8. The first kappa shape index (κ1) is 26.5. The molecule has 0 radical (unpaired) electrons. The first-order valence-electron chi connectivity index (χ1n) is 15.8. The topological polar surface area (TPSA) is 40.5 Å². The smallest absolute Gasteiger partial charge is 0.0648 e. The van der Waals surface area contributed by atoms with E-state index in [1.165, 1.54) is 64.2 Å². The number of hydrogen-bond donors (Lipinski definition) is 2. The minimum absolute atomic E-state index is 0.383. The van der Waals surface area contributed by atoms with Gasteiger partial charge in [-0.15, -0.1) is 0 Å². The Balaban J connectivity index is 1.24. The zero-order valence-electron chi connectivity index (χ0n) is 24.2. The Morgan fingerprint density at radius 1 is 0.714 bits per heavy atom. The van der Waals surface area contributed by atoms with Crippen LogP contribution in [-0.4, -0.2) is 21.4 Å². The van der Waals surface area contributed by atoms with E-state index in [4.69, 9.17) is 0 Å². The summed E-state index contributed by atoms with van der Waals surface area (Å²) in [5.74, 6) is 5.05. The molecule has 35 heavy (non-hydrogen) atoms. The molecule has 5 fully saturated rings. The first-order chi connectivity index (χ1) is 16.3. The second kappa shape index (κ2) is 9.00. The van der Waals surface area contributed by atoms with Gasteiger partial charge in [0, 0.05) is 0 Å². The molecule has 9 atom stereocenters. The van der Waals surface area contributed by atoms with Crippen LogP contribution in [0.2, 0.25) is 0 Å². The summed E-state index contributed by atoms with van der Waals surface area (Å²) in [6, 6.07) is 0. The average molecular weight is 487 g/mol. The summed E-state index contributed by atoms with van der Waals surface area (Å²) in [6.45, 7) is 14.8. The van der Waals surface area contributed by atoms with Crippen LogP contribution in [-0.2, 0) is 0 Å². The highest BCUT2D eigenvalue weighted by molar-refractivity contribution is 5.11. The fourth-order valence-electron chi connectivity index (χ4n) is 11.0. The van der Waals surface area contributed by atoms with E-state index in [0.29, 0.717) is 16.2 Å². The van der Waals surface area contributed by atoms with Crippen LogP contribution in [0.25, 0.3) is 0 Å². The van der Waals surface area contributed by atoms with E-state index >= 15 is 0 Å². The van der Waals surface area contributed by atoms with Gasteiger partial charge in [0.1, 0.15) is 0 Å². The van der Waals surface area contributed by atoms with Gasteiger partial charge in [0.25, 0.3) is 0 Å². The quantitative estimate of drug-likeness (QED) is 0.409. The Hall–Kier alpha value is -0.0800. The van der Waals surface area contributed by atoms with Crippen molar-refractivity contribution in [1.29, 1.82) is 0 Å². The molecule has 2 heteroatoms. The van der Waals surface area contributed by atoms with E-state index in [0.717, 1.165) is 74.0 Å². The second-order valence-corrected chi connectivity index (χ2v) is 16.1. The van der Waals surface area contributed by atoms with Crippen LogP contribution >= 0.6 is 0 Å². The van der Waals surface area contributed by atoms with E-state index < -0.39 is 5.60 Å². The van der Waals surface area contributed by atoms with E-state index in [1.807, 2.05) is 0 Å². The minimum Gasteiger partial charge on any atom is -0.390 e. The van der Waals surface area contributed by atoms with Crippen molar-refractivity contribution in [2.45, 2.75) is 155 Å². The van der Waals surface area contributed by atoms with Crippen molar-refractivity contribution in [3.63, 3.8) is 0 Å². The molecule has 5 aliphatic carbocycles. The minimum atomic E-state index is -0.394. The molecule has 5 saturated carbocycles. The molecule has 2 nitrogen and oxygen atoms in total. The standard InChI is InChI=1S/C33H58O2/c1-7-32(34)21-18-30(5)24(22-32)8-9-25-27-11-10-26(31(27,6)14-13-28(25)30)23(2)12-15-33(35)19-16-29(3,4)17-20-33/h23-28,34-35H,7-22H2,1-6H3/t23-,24+,25+,26-,27+,28+,30+,31-,32+/m1/s1. The number of rotatable bonds is 5. The van der Waals surface area contributed by atoms with Crippen LogP contribution in [0, 0.1) is 51.8 Å². The molecule has 2 N–H and O–H groups in total. The summed E-state index contributed by atoms with van der Waals surface area (Å²) in [6.07, 6.45) is 19.4. The molecule has 0 aliphatic heterocycles. The van der Waals surface area contributed by atoms with Gasteiger partial charge in [-0.3, -0.25) is 0 Å². The lowest BCUT2D eigenvalue weighted by atomic mass is 9.43. The molecule has 0 bridgehead atoms. The van der Waals surface area contributed by atoms with E-state index in [9.17, 15) is 10.2 Å². The Labute approximate surface area is 217 Å². The van der Waals surface area contributed by atoms with Crippen LogP contribution in [0.15, 0.2) is 0 Å². The van der Waals surface area contributed by atoms with E-state index in [-0.39, 0.29) is 5.60 Å². The van der Waals surface area contributed by atoms with Gasteiger partial charge < -0.3 is 10.2 Å². The van der Waals surface area contributed by atoms with Gasteiger partial charge >= 0.3 is 0 Å². The highest BCUT2D eigenvalue weighted by Gasteiger charge is 2.61. The summed E-state index contributed by atoms with van der Waals surface area (Å²) < 4.78 is 0. The van der Waals surface area contributed by atoms with Gasteiger partial charge in [-0.2, -0.15) is 0 Å². The van der Waals surface area contributed by atoms with Crippen LogP contribution in [0.4, 0.5) is 0 Å². The molecule has 0 amide bonds. The molecule has 0 spiro atoms. The largest absolute Gasteiger partial charge is 0.390 e. The van der Waals surface area contributed by atoms with Crippen molar-refractivity contribution in [1.82, 2.24) is 0 Å². The lowest BCUT2D eigenvalue weighted by Crippen LogP contribution is -2.56. The fraction of sp³-hybridized carbons (Fsp3) is 1.00. The lowest BCUT2D eigenvalue weighted by molar-refractivity contribution is -0.153. The summed E-state index contributed by atoms with van der Waals surface area (Å²) in [5, 5.41) is 22.4. The predicted octanol–water partition coefficient (Wildman–Crippen LogP) is 8.53. The van der Waals surface area contributed by atoms with E-state index in [1.54, 1.807) is 0 Å². The maximum Gasteiger partial charge on any atom is 0.0648 e. The van der Waals surface area contributed by atoms with Crippen LogP contribution < -0.4 is 0 Å². The highest BCUT2D eigenvalue weighted by Crippen LogP contribution is 2.69. The second-order valence-electron chi connectivity index (χ2n) is 16.1. The average Bonchev–Trinajstić information content (AvgIpc) is 3.18. The zero-order chi connectivity index (χ0) is 25.3. The van der Waals surface area contributed by atoms with Gasteiger partial charge in [-0.25, -0.2) is 0 Å². The molecule has 0 aromatic carbocycles. The monoisotopic (exact) mass is 486 g/mol. The van der Waals surface area contributed by atoms with Gasteiger partial charge in [0.2, 0.25) is 0 Å². The van der Waals surface area contributed by atoms with Crippen molar-refractivity contribution < 1.29 is 10.2 Å². The fourth-order valence-corrected chi connectivity index (χ4v) is 11.0. The summed E-state index contributed by atoms with van der Waals surface area (Å²) in [7, 11) is 0. The lowest BCUT2D eigenvalue weighted by Gasteiger charge is -2.62. The van der Waals surface area contributed by atoms with Gasteiger partial charge in [-0.1, -0.05) is 41.5 Å². The van der Waals surface area contributed by atoms with Crippen molar-refractivity contribution in [2.24, 2.45) is 51.8 Å². The van der Waals surface area contributed by atoms with Gasteiger partial charge in [0.15, 0.2) is 0 Å². The zero-order valence-corrected chi connectivity index (χ0v) is 24.2. The van der Waals surface area contributed by atoms with Gasteiger partial charge in [0.05, 0.1) is 11.2 Å². The predicted molar refractivity (Wildman–Crippen MR) is 146 cm³/mol. The molecule has 5 rings (SSSR count). The van der Waals surface area contributed by atoms with Crippen molar-refractivity contribution >= 4 is 0 Å². The molecule has 0 unspecified atom stereocenters. The Morgan fingerprint density at radius 2 is 1.37 bits per heavy atom. The van der Waals surface area contributed by atoms with Crippen molar-refractivity contribution in [3.8, 4) is 0 Å². The van der Waals surface area contributed by atoms with Crippen LogP contribution in [0.1, 0.15) is 144 Å². The number of fused-ring (bicyclic) bond motifs is 5. The molecule has 5 aliphatic rings. The van der Waals surface area contributed by atoms with Crippen molar-refractivity contribution in [3.05, 3.63) is 0 Å².